The molecular weight excluding hydrogens is 248 g/mol. The summed E-state index contributed by atoms with van der Waals surface area (Å²) in [5.41, 5.74) is 0.971. The van der Waals surface area contributed by atoms with Crippen LogP contribution in [-0.4, -0.2) is 28.6 Å². The number of aromatic nitrogens is 1. The van der Waals surface area contributed by atoms with E-state index in [1.165, 1.54) is 0 Å². The summed E-state index contributed by atoms with van der Waals surface area (Å²) >= 11 is 1.61. The van der Waals surface area contributed by atoms with Crippen LogP contribution in [0.4, 0.5) is 5.13 Å². The van der Waals surface area contributed by atoms with Gasteiger partial charge in [-0.15, -0.1) is 0 Å². The van der Waals surface area contributed by atoms with Gasteiger partial charge in [-0.2, -0.15) is 0 Å². The van der Waals surface area contributed by atoms with E-state index in [1.54, 1.807) is 11.3 Å². The molecule has 1 N–H and O–H groups in total. The Labute approximate surface area is 110 Å². The predicted molar refractivity (Wildman–Crippen MR) is 74.4 cm³/mol. The lowest BCUT2D eigenvalue weighted by molar-refractivity contribution is -0.137. The van der Waals surface area contributed by atoms with Crippen molar-refractivity contribution in [1.82, 2.24) is 4.98 Å². The highest BCUT2D eigenvalue weighted by molar-refractivity contribution is 7.22. The number of rotatable bonds is 5. The van der Waals surface area contributed by atoms with Gasteiger partial charge >= 0.3 is 5.97 Å². The van der Waals surface area contributed by atoms with E-state index in [4.69, 9.17) is 5.11 Å². The van der Waals surface area contributed by atoms with Crippen LogP contribution in [0.1, 0.15) is 20.3 Å². The zero-order valence-electron chi connectivity index (χ0n) is 10.5. The molecule has 2 aromatic rings. The maximum Gasteiger partial charge on any atom is 0.305 e. The number of fused-ring (bicyclic) bond motifs is 1. The van der Waals surface area contributed by atoms with E-state index in [0.717, 1.165) is 21.9 Å². The topological polar surface area (TPSA) is 53.4 Å². The van der Waals surface area contributed by atoms with Crippen molar-refractivity contribution in [2.45, 2.75) is 26.3 Å². The van der Waals surface area contributed by atoms with Gasteiger partial charge in [0.1, 0.15) is 0 Å². The van der Waals surface area contributed by atoms with Crippen molar-refractivity contribution in [1.29, 1.82) is 0 Å². The average Bonchev–Trinajstić information content (AvgIpc) is 2.71. The highest BCUT2D eigenvalue weighted by atomic mass is 32.1. The van der Waals surface area contributed by atoms with Crippen molar-refractivity contribution in [2.24, 2.45) is 0 Å². The molecule has 1 aromatic heterocycles. The lowest BCUT2D eigenvalue weighted by Gasteiger charge is -2.26. The molecule has 0 radical (unpaired) electrons. The van der Waals surface area contributed by atoms with Gasteiger partial charge in [-0.05, 0) is 26.0 Å². The minimum absolute atomic E-state index is 0.0481. The van der Waals surface area contributed by atoms with Crippen LogP contribution in [0.2, 0.25) is 0 Å². The third kappa shape index (κ3) is 2.61. The summed E-state index contributed by atoms with van der Waals surface area (Å²) < 4.78 is 1.13. The van der Waals surface area contributed by atoms with Gasteiger partial charge in [-0.25, -0.2) is 4.98 Å². The third-order valence-corrected chi connectivity index (χ3v) is 3.94. The van der Waals surface area contributed by atoms with Gasteiger partial charge in [0.15, 0.2) is 5.13 Å². The van der Waals surface area contributed by atoms with E-state index < -0.39 is 5.97 Å². The van der Waals surface area contributed by atoms with Crippen molar-refractivity contribution in [3.05, 3.63) is 24.3 Å². The Morgan fingerprint density at radius 3 is 2.83 bits per heavy atom. The number of aliphatic carboxylic acids is 1. The maximum atomic E-state index is 10.8. The molecule has 0 aliphatic carbocycles. The summed E-state index contributed by atoms with van der Waals surface area (Å²) in [6.07, 6.45) is 0.129. The average molecular weight is 264 g/mol. The second-order valence-electron chi connectivity index (χ2n) is 4.20. The number of carbonyl (C=O) groups is 1. The van der Waals surface area contributed by atoms with Crippen LogP contribution < -0.4 is 4.90 Å². The van der Waals surface area contributed by atoms with E-state index in [2.05, 4.69) is 4.98 Å². The molecule has 1 unspecified atom stereocenters. The van der Waals surface area contributed by atoms with Crippen LogP contribution in [0.5, 0.6) is 0 Å². The minimum Gasteiger partial charge on any atom is -0.481 e. The van der Waals surface area contributed by atoms with E-state index >= 15 is 0 Å². The second-order valence-corrected chi connectivity index (χ2v) is 5.21. The first-order chi connectivity index (χ1) is 8.61. The minimum atomic E-state index is -0.776. The molecule has 0 saturated heterocycles. The molecule has 0 bridgehead atoms. The molecule has 4 nitrogen and oxygen atoms in total. The van der Waals surface area contributed by atoms with Crippen LogP contribution in [-0.2, 0) is 4.79 Å². The first kappa shape index (κ1) is 12.8. The SMILES string of the molecule is CCN(c1nc2ccccc2s1)C(C)CC(=O)O. The molecule has 0 spiro atoms. The van der Waals surface area contributed by atoms with Gasteiger partial charge < -0.3 is 10.0 Å². The molecule has 96 valence electrons. The molecule has 1 atom stereocenters. The Kier molecular flexibility index (Phi) is 3.81. The Balaban J connectivity index is 2.29. The number of anilines is 1. The quantitative estimate of drug-likeness (QED) is 0.902. The van der Waals surface area contributed by atoms with E-state index in [1.807, 2.05) is 43.0 Å². The van der Waals surface area contributed by atoms with E-state index in [9.17, 15) is 4.79 Å². The van der Waals surface area contributed by atoms with Gasteiger partial charge in [-0.3, -0.25) is 4.79 Å². The van der Waals surface area contributed by atoms with Crippen LogP contribution in [0.3, 0.4) is 0 Å². The lowest BCUT2D eigenvalue weighted by atomic mass is 10.2. The Morgan fingerprint density at radius 2 is 2.22 bits per heavy atom. The fourth-order valence-corrected chi connectivity index (χ4v) is 3.11. The molecule has 1 aromatic carbocycles. The van der Waals surface area contributed by atoms with Gasteiger partial charge in [0.05, 0.1) is 16.6 Å². The molecule has 0 aliphatic rings. The number of hydrogen-bond acceptors (Lipinski definition) is 4. The summed E-state index contributed by atoms with van der Waals surface area (Å²) in [6, 6.07) is 7.91. The number of benzene rings is 1. The second kappa shape index (κ2) is 5.35. The Morgan fingerprint density at radius 1 is 1.50 bits per heavy atom. The molecule has 0 amide bonds. The number of thiazole rings is 1. The fourth-order valence-electron chi connectivity index (χ4n) is 1.98. The molecule has 1 heterocycles. The van der Waals surface area contributed by atoms with Crippen molar-refractivity contribution in [3.8, 4) is 0 Å². The van der Waals surface area contributed by atoms with E-state index in [-0.39, 0.29) is 12.5 Å². The van der Waals surface area contributed by atoms with Crippen LogP contribution in [0.15, 0.2) is 24.3 Å². The Bertz CT molecular complexity index is 520. The van der Waals surface area contributed by atoms with Gasteiger partial charge in [0.25, 0.3) is 0 Å². The summed E-state index contributed by atoms with van der Waals surface area (Å²) in [7, 11) is 0. The maximum absolute atomic E-state index is 10.8. The highest BCUT2D eigenvalue weighted by Crippen LogP contribution is 2.29. The first-order valence-corrected chi connectivity index (χ1v) is 6.77. The van der Waals surface area contributed by atoms with Gasteiger partial charge in [0.2, 0.25) is 0 Å². The molecular formula is C13H16N2O2S. The largest absolute Gasteiger partial charge is 0.481 e. The summed E-state index contributed by atoms with van der Waals surface area (Å²) in [4.78, 5) is 17.4. The standard InChI is InChI=1S/C13H16N2O2S/c1-3-15(9(2)8-12(16)17)13-14-10-6-4-5-7-11(10)18-13/h4-7,9H,3,8H2,1-2H3,(H,16,17). The van der Waals surface area contributed by atoms with Gasteiger partial charge in [-0.1, -0.05) is 23.5 Å². The number of carboxylic acids is 1. The molecule has 0 saturated carbocycles. The lowest BCUT2D eigenvalue weighted by Crippen LogP contribution is -2.34. The Hall–Kier alpha value is -1.62. The summed E-state index contributed by atoms with van der Waals surface area (Å²) in [5, 5.41) is 9.77. The number of hydrogen-bond donors (Lipinski definition) is 1. The first-order valence-electron chi connectivity index (χ1n) is 5.95. The van der Waals surface area contributed by atoms with Crippen LogP contribution >= 0.6 is 11.3 Å². The zero-order valence-corrected chi connectivity index (χ0v) is 11.3. The molecule has 18 heavy (non-hydrogen) atoms. The van der Waals surface area contributed by atoms with Gasteiger partial charge in [0, 0.05) is 12.6 Å². The zero-order chi connectivity index (χ0) is 13.1. The molecule has 0 fully saturated rings. The van der Waals surface area contributed by atoms with Crippen molar-refractivity contribution >= 4 is 32.7 Å². The normalized spacial score (nSPS) is 12.6. The molecule has 2 rings (SSSR count). The summed E-state index contributed by atoms with van der Waals surface area (Å²) in [5.74, 6) is -0.776. The van der Waals surface area contributed by atoms with Crippen LogP contribution in [0, 0.1) is 0 Å². The predicted octanol–water partition coefficient (Wildman–Crippen LogP) is 2.99. The summed E-state index contributed by atoms with van der Waals surface area (Å²) in [6.45, 7) is 4.70. The molecule has 0 aliphatic heterocycles. The van der Waals surface area contributed by atoms with Crippen LogP contribution in [0.25, 0.3) is 10.2 Å². The van der Waals surface area contributed by atoms with Crippen molar-refractivity contribution in [2.75, 3.05) is 11.4 Å². The highest BCUT2D eigenvalue weighted by Gasteiger charge is 2.18. The molecule has 5 heteroatoms. The van der Waals surface area contributed by atoms with E-state index in [0.29, 0.717) is 0 Å². The van der Waals surface area contributed by atoms with Crippen molar-refractivity contribution in [3.63, 3.8) is 0 Å². The number of para-hydroxylation sites is 1. The number of carboxylic acid groups (broad SMARTS) is 1. The number of nitrogens with zero attached hydrogens (tertiary/aromatic N) is 2. The fraction of sp³-hybridized carbons (Fsp3) is 0.385. The monoisotopic (exact) mass is 264 g/mol. The van der Waals surface area contributed by atoms with Crippen molar-refractivity contribution < 1.29 is 9.90 Å². The third-order valence-electron chi connectivity index (χ3n) is 2.87. The smallest absolute Gasteiger partial charge is 0.305 e.